The second-order valence-corrected chi connectivity index (χ2v) is 3.57. The summed E-state index contributed by atoms with van der Waals surface area (Å²) < 4.78 is 0. The van der Waals surface area contributed by atoms with Gasteiger partial charge in [0, 0.05) is 19.4 Å². The molecule has 0 saturated carbocycles. The zero-order valence-electron chi connectivity index (χ0n) is 5.49. The Labute approximate surface area is 69.1 Å². The van der Waals surface area contributed by atoms with Gasteiger partial charge in [-0.2, -0.15) is 0 Å². The van der Waals surface area contributed by atoms with Crippen molar-refractivity contribution in [2.75, 3.05) is 7.05 Å². The van der Waals surface area contributed by atoms with Crippen LogP contribution >= 0.6 is 23.4 Å². The van der Waals surface area contributed by atoms with Crippen LogP contribution in [-0.4, -0.2) is 22.5 Å². The number of alkyl halides is 1. The summed E-state index contributed by atoms with van der Waals surface area (Å²) in [7, 11) is 1.97. The van der Waals surface area contributed by atoms with E-state index in [1.54, 1.807) is 11.8 Å². The fourth-order valence-electron chi connectivity index (χ4n) is 1.01. The number of hydrogen-bond acceptors (Lipinski definition) is 3. The number of hydrogen-bond donors (Lipinski definition) is 0. The van der Waals surface area contributed by atoms with Gasteiger partial charge in [-0.25, -0.2) is 0 Å². The molecule has 0 fully saturated rings. The lowest BCUT2D eigenvalue weighted by Crippen LogP contribution is -2.27. The van der Waals surface area contributed by atoms with E-state index in [9.17, 15) is 0 Å². The SMILES string of the molecule is CN1C=C2SC=CN2C1Cl. The Bertz CT molecular complexity index is 214. The highest BCUT2D eigenvalue weighted by molar-refractivity contribution is 8.06. The maximum Gasteiger partial charge on any atom is 0.183 e. The predicted molar refractivity (Wildman–Crippen MR) is 44.1 cm³/mol. The second-order valence-electron chi connectivity index (χ2n) is 2.25. The van der Waals surface area contributed by atoms with Crippen molar-refractivity contribution >= 4 is 23.4 Å². The van der Waals surface area contributed by atoms with Gasteiger partial charge in [0.25, 0.3) is 0 Å². The molecule has 54 valence electrons. The number of nitrogens with zero attached hydrogens (tertiary/aromatic N) is 2. The van der Waals surface area contributed by atoms with E-state index in [4.69, 9.17) is 11.6 Å². The summed E-state index contributed by atoms with van der Waals surface area (Å²) in [4.78, 5) is 4.01. The van der Waals surface area contributed by atoms with Crippen LogP contribution in [0.4, 0.5) is 0 Å². The van der Waals surface area contributed by atoms with Crippen molar-refractivity contribution in [1.82, 2.24) is 9.80 Å². The molecular formula is C6H7ClN2S. The smallest absolute Gasteiger partial charge is 0.183 e. The molecule has 0 aromatic heterocycles. The molecular weight excluding hydrogens is 168 g/mol. The summed E-state index contributed by atoms with van der Waals surface area (Å²) in [6.45, 7) is 0. The molecule has 1 unspecified atom stereocenters. The number of rotatable bonds is 0. The fraction of sp³-hybridized carbons (Fsp3) is 0.333. The van der Waals surface area contributed by atoms with Gasteiger partial charge in [0.05, 0.1) is 5.03 Å². The van der Waals surface area contributed by atoms with Gasteiger partial charge < -0.3 is 9.80 Å². The minimum atomic E-state index is -0.0266. The Morgan fingerprint density at radius 2 is 2.50 bits per heavy atom. The van der Waals surface area contributed by atoms with Crippen LogP contribution in [0, 0.1) is 0 Å². The molecule has 4 heteroatoms. The van der Waals surface area contributed by atoms with Gasteiger partial charge in [0.2, 0.25) is 0 Å². The van der Waals surface area contributed by atoms with Crippen LogP contribution in [0.25, 0.3) is 0 Å². The van der Waals surface area contributed by atoms with Crippen LogP contribution in [0.2, 0.25) is 0 Å². The zero-order valence-corrected chi connectivity index (χ0v) is 7.06. The van der Waals surface area contributed by atoms with Crippen molar-refractivity contribution in [1.29, 1.82) is 0 Å². The minimum Gasteiger partial charge on any atom is -0.345 e. The standard InChI is InChI=1S/C6H7ClN2S/c1-8-4-5-9(6(8)7)2-3-10-5/h2-4,6H,1H3. The van der Waals surface area contributed by atoms with Crippen molar-refractivity contribution in [3.63, 3.8) is 0 Å². The van der Waals surface area contributed by atoms with Gasteiger partial charge >= 0.3 is 0 Å². The van der Waals surface area contributed by atoms with E-state index in [2.05, 4.69) is 0 Å². The van der Waals surface area contributed by atoms with Crippen LogP contribution in [-0.2, 0) is 0 Å². The van der Waals surface area contributed by atoms with Crippen molar-refractivity contribution in [2.24, 2.45) is 0 Å². The number of halogens is 1. The Balaban J connectivity index is 2.27. The number of fused-ring (bicyclic) bond motifs is 1. The third-order valence-electron chi connectivity index (χ3n) is 1.54. The first-order chi connectivity index (χ1) is 4.79. The number of thioether (sulfide) groups is 1. The third-order valence-corrected chi connectivity index (χ3v) is 2.88. The largest absolute Gasteiger partial charge is 0.345 e. The van der Waals surface area contributed by atoms with Gasteiger partial charge in [0.1, 0.15) is 0 Å². The first-order valence-corrected chi connectivity index (χ1v) is 4.30. The summed E-state index contributed by atoms with van der Waals surface area (Å²) in [5.41, 5.74) is -0.0266. The monoisotopic (exact) mass is 174 g/mol. The van der Waals surface area contributed by atoms with Crippen molar-refractivity contribution in [2.45, 2.75) is 5.62 Å². The fourth-order valence-corrected chi connectivity index (χ4v) is 2.13. The average Bonchev–Trinajstić information content (AvgIpc) is 2.41. The van der Waals surface area contributed by atoms with Gasteiger partial charge in [0.15, 0.2) is 5.62 Å². The molecule has 2 nitrogen and oxygen atoms in total. The van der Waals surface area contributed by atoms with Gasteiger partial charge in [-0.1, -0.05) is 23.4 Å². The highest BCUT2D eigenvalue weighted by atomic mass is 35.5. The minimum absolute atomic E-state index is 0.0266. The maximum atomic E-state index is 6.00. The molecule has 0 amide bonds. The molecule has 0 aromatic carbocycles. The van der Waals surface area contributed by atoms with Crippen LogP contribution in [0.15, 0.2) is 22.8 Å². The summed E-state index contributed by atoms with van der Waals surface area (Å²) >= 11 is 7.70. The molecule has 0 spiro atoms. The molecule has 0 aliphatic carbocycles. The molecule has 2 aliphatic heterocycles. The molecule has 2 heterocycles. The zero-order chi connectivity index (χ0) is 7.14. The van der Waals surface area contributed by atoms with Crippen LogP contribution in [0.1, 0.15) is 0 Å². The molecule has 2 rings (SSSR count). The highest BCUT2D eigenvalue weighted by Gasteiger charge is 2.28. The molecule has 0 aromatic rings. The van der Waals surface area contributed by atoms with Crippen LogP contribution < -0.4 is 0 Å². The summed E-state index contributed by atoms with van der Waals surface area (Å²) in [6, 6.07) is 0. The van der Waals surface area contributed by atoms with Crippen molar-refractivity contribution < 1.29 is 0 Å². The first kappa shape index (κ1) is 6.43. The second kappa shape index (κ2) is 2.10. The first-order valence-electron chi connectivity index (χ1n) is 2.98. The van der Waals surface area contributed by atoms with E-state index in [1.165, 1.54) is 5.03 Å². The Hall–Kier alpha value is -0.280. The van der Waals surface area contributed by atoms with E-state index in [0.717, 1.165) is 0 Å². The summed E-state index contributed by atoms with van der Waals surface area (Å²) in [5, 5.41) is 3.25. The quantitative estimate of drug-likeness (QED) is 0.408. The molecule has 1 atom stereocenters. The van der Waals surface area contributed by atoms with Crippen LogP contribution in [0.3, 0.4) is 0 Å². The van der Waals surface area contributed by atoms with E-state index in [-0.39, 0.29) is 5.62 Å². The highest BCUT2D eigenvalue weighted by Crippen LogP contribution is 2.37. The maximum absolute atomic E-state index is 6.00. The van der Waals surface area contributed by atoms with Gasteiger partial charge in [-0.3, -0.25) is 0 Å². The Morgan fingerprint density at radius 3 is 3.20 bits per heavy atom. The topological polar surface area (TPSA) is 6.48 Å². The predicted octanol–water partition coefficient (Wildman–Crippen LogP) is 1.77. The molecule has 0 bridgehead atoms. The Morgan fingerprint density at radius 1 is 1.70 bits per heavy atom. The Kier molecular flexibility index (Phi) is 1.35. The van der Waals surface area contributed by atoms with Crippen molar-refractivity contribution in [3.8, 4) is 0 Å². The molecule has 10 heavy (non-hydrogen) atoms. The lowest BCUT2D eigenvalue weighted by Gasteiger charge is -2.20. The lowest BCUT2D eigenvalue weighted by molar-refractivity contribution is 0.316. The van der Waals surface area contributed by atoms with Gasteiger partial charge in [-0.05, 0) is 5.41 Å². The van der Waals surface area contributed by atoms with Crippen LogP contribution in [0.5, 0.6) is 0 Å². The molecule has 0 N–H and O–H groups in total. The molecule has 2 aliphatic rings. The van der Waals surface area contributed by atoms with Gasteiger partial charge in [-0.15, -0.1) is 0 Å². The van der Waals surface area contributed by atoms with E-state index < -0.39 is 0 Å². The van der Waals surface area contributed by atoms with E-state index in [1.807, 2.05) is 34.7 Å². The van der Waals surface area contributed by atoms with E-state index in [0.29, 0.717) is 0 Å². The summed E-state index contributed by atoms with van der Waals surface area (Å²) in [5.74, 6) is 0. The average molecular weight is 175 g/mol. The van der Waals surface area contributed by atoms with Crippen molar-refractivity contribution in [3.05, 3.63) is 22.8 Å². The lowest BCUT2D eigenvalue weighted by atomic mass is 10.8. The van der Waals surface area contributed by atoms with E-state index >= 15 is 0 Å². The normalized spacial score (nSPS) is 29.4. The third kappa shape index (κ3) is 0.739. The summed E-state index contributed by atoms with van der Waals surface area (Å²) in [6.07, 6.45) is 4.04. The molecule has 0 saturated heterocycles. The molecule has 0 radical (unpaired) electrons.